The Balaban J connectivity index is 1.83. The van der Waals surface area contributed by atoms with E-state index in [1.165, 1.54) is 6.33 Å². The van der Waals surface area contributed by atoms with Crippen molar-refractivity contribution in [3.8, 4) is 11.5 Å². The van der Waals surface area contributed by atoms with Crippen LogP contribution in [0.15, 0.2) is 60.9 Å². The molecule has 114 valence electrons. The molecule has 2 aromatic carbocycles. The molecule has 0 atom stereocenters. The van der Waals surface area contributed by atoms with Gasteiger partial charge in [-0.2, -0.15) is 0 Å². The summed E-state index contributed by atoms with van der Waals surface area (Å²) in [7, 11) is 0. The maximum Gasteiger partial charge on any atom is 0.143 e. The molecule has 0 aliphatic carbocycles. The number of para-hydroxylation sites is 1. The van der Waals surface area contributed by atoms with Crippen LogP contribution >= 0.6 is 11.6 Å². The number of nitrogens with one attached hydrogen (secondary N) is 1. The second kappa shape index (κ2) is 6.46. The van der Waals surface area contributed by atoms with Crippen molar-refractivity contribution in [1.82, 2.24) is 9.97 Å². The van der Waals surface area contributed by atoms with Crippen molar-refractivity contribution >= 4 is 23.1 Å². The predicted molar refractivity (Wildman–Crippen MR) is 90.3 cm³/mol. The zero-order valence-electron chi connectivity index (χ0n) is 12.0. The lowest BCUT2D eigenvalue weighted by Gasteiger charge is -2.09. The fraction of sp³-hybridized carbons (Fsp3) is 0. The van der Waals surface area contributed by atoms with Crippen molar-refractivity contribution in [1.29, 1.82) is 5.41 Å². The number of ether oxygens (including phenoxy) is 1. The highest BCUT2D eigenvalue weighted by atomic mass is 35.5. The van der Waals surface area contributed by atoms with Crippen molar-refractivity contribution < 1.29 is 4.74 Å². The van der Waals surface area contributed by atoms with Gasteiger partial charge in [-0.05, 0) is 36.4 Å². The van der Waals surface area contributed by atoms with E-state index >= 15 is 0 Å². The number of nitrogen functional groups attached to an aromatic ring is 1. The molecule has 0 fully saturated rings. The Morgan fingerprint density at radius 2 is 1.61 bits per heavy atom. The van der Waals surface area contributed by atoms with Gasteiger partial charge in [0.2, 0.25) is 0 Å². The van der Waals surface area contributed by atoms with E-state index in [0.29, 0.717) is 16.9 Å². The van der Waals surface area contributed by atoms with E-state index in [-0.39, 0.29) is 16.7 Å². The molecule has 3 aromatic rings. The summed E-state index contributed by atoms with van der Waals surface area (Å²) in [5.41, 5.74) is 6.93. The van der Waals surface area contributed by atoms with E-state index in [2.05, 4.69) is 9.97 Å². The topological polar surface area (TPSA) is 84.9 Å². The van der Waals surface area contributed by atoms with Crippen LogP contribution in [0.2, 0.25) is 5.15 Å². The van der Waals surface area contributed by atoms with Gasteiger partial charge in [0.15, 0.2) is 0 Å². The predicted octanol–water partition coefficient (Wildman–Crippen LogP) is 3.92. The van der Waals surface area contributed by atoms with Gasteiger partial charge in [0, 0.05) is 5.56 Å². The number of aromatic nitrogens is 2. The van der Waals surface area contributed by atoms with Crippen LogP contribution in [0.5, 0.6) is 11.5 Å². The van der Waals surface area contributed by atoms with Crippen LogP contribution in [0.4, 0.5) is 5.82 Å². The number of halogens is 1. The van der Waals surface area contributed by atoms with Gasteiger partial charge in [-0.3, -0.25) is 5.41 Å². The minimum atomic E-state index is 0.159. The fourth-order valence-electron chi connectivity index (χ4n) is 2.07. The number of hydrogen-bond donors (Lipinski definition) is 2. The van der Waals surface area contributed by atoms with Gasteiger partial charge in [-0.1, -0.05) is 29.8 Å². The van der Waals surface area contributed by atoms with E-state index in [1.54, 1.807) is 24.3 Å². The van der Waals surface area contributed by atoms with Crippen LogP contribution in [0.25, 0.3) is 0 Å². The van der Waals surface area contributed by atoms with Crippen molar-refractivity contribution in [3.63, 3.8) is 0 Å². The lowest BCUT2D eigenvalue weighted by molar-refractivity contribution is 0.482. The lowest BCUT2D eigenvalue weighted by atomic mass is 10.0. The highest BCUT2D eigenvalue weighted by Gasteiger charge is 2.14. The normalized spacial score (nSPS) is 10.3. The Hall–Kier alpha value is -2.92. The number of nitrogens with two attached hydrogens (primary N) is 1. The second-order valence-corrected chi connectivity index (χ2v) is 5.10. The Morgan fingerprint density at radius 3 is 2.26 bits per heavy atom. The minimum Gasteiger partial charge on any atom is -0.457 e. The van der Waals surface area contributed by atoms with Crippen molar-refractivity contribution in [2.24, 2.45) is 0 Å². The Morgan fingerprint density at radius 1 is 0.957 bits per heavy atom. The van der Waals surface area contributed by atoms with Gasteiger partial charge in [-0.15, -0.1) is 0 Å². The highest BCUT2D eigenvalue weighted by molar-refractivity contribution is 6.34. The zero-order valence-corrected chi connectivity index (χ0v) is 12.8. The largest absolute Gasteiger partial charge is 0.457 e. The molecule has 1 heterocycles. The Labute approximate surface area is 138 Å². The number of rotatable bonds is 4. The minimum absolute atomic E-state index is 0.159. The molecule has 23 heavy (non-hydrogen) atoms. The van der Waals surface area contributed by atoms with Crippen LogP contribution in [-0.4, -0.2) is 15.7 Å². The number of anilines is 1. The SMILES string of the molecule is N=C(c1ccc(Oc2ccccc2)cc1)c1c(N)ncnc1Cl. The van der Waals surface area contributed by atoms with E-state index in [9.17, 15) is 0 Å². The van der Waals surface area contributed by atoms with E-state index in [4.69, 9.17) is 27.5 Å². The molecule has 0 saturated heterocycles. The van der Waals surface area contributed by atoms with Gasteiger partial charge < -0.3 is 10.5 Å². The van der Waals surface area contributed by atoms with Crippen molar-refractivity contribution in [3.05, 3.63) is 77.2 Å². The van der Waals surface area contributed by atoms with Gasteiger partial charge >= 0.3 is 0 Å². The summed E-state index contributed by atoms with van der Waals surface area (Å²) in [5.74, 6) is 1.61. The second-order valence-electron chi connectivity index (χ2n) is 4.74. The van der Waals surface area contributed by atoms with Crippen LogP contribution in [0.1, 0.15) is 11.1 Å². The molecule has 0 spiro atoms. The van der Waals surface area contributed by atoms with Crippen LogP contribution in [0.3, 0.4) is 0 Å². The smallest absolute Gasteiger partial charge is 0.143 e. The molecular weight excluding hydrogens is 312 g/mol. The summed E-state index contributed by atoms with van der Waals surface area (Å²) in [6.45, 7) is 0. The molecular formula is C17H13ClN4O. The quantitative estimate of drug-likeness (QED) is 0.562. The monoisotopic (exact) mass is 324 g/mol. The van der Waals surface area contributed by atoms with Crippen LogP contribution in [0, 0.1) is 5.41 Å². The van der Waals surface area contributed by atoms with Crippen LogP contribution in [-0.2, 0) is 0 Å². The first kappa shape index (κ1) is 15.0. The molecule has 0 bridgehead atoms. The molecule has 0 amide bonds. The molecule has 3 N–H and O–H groups in total. The van der Waals surface area contributed by atoms with Gasteiger partial charge in [0.1, 0.15) is 28.8 Å². The lowest BCUT2D eigenvalue weighted by Crippen LogP contribution is -2.09. The van der Waals surface area contributed by atoms with Gasteiger partial charge in [-0.25, -0.2) is 9.97 Å². The van der Waals surface area contributed by atoms with E-state index < -0.39 is 0 Å². The molecule has 1 aromatic heterocycles. The van der Waals surface area contributed by atoms with E-state index in [0.717, 1.165) is 5.75 Å². The molecule has 5 nitrogen and oxygen atoms in total. The summed E-state index contributed by atoms with van der Waals surface area (Å²) >= 11 is 6.02. The average molecular weight is 325 g/mol. The molecule has 0 unspecified atom stereocenters. The third-order valence-electron chi connectivity index (χ3n) is 3.20. The van der Waals surface area contributed by atoms with Gasteiger partial charge in [0.05, 0.1) is 11.3 Å². The van der Waals surface area contributed by atoms with E-state index in [1.807, 2.05) is 30.3 Å². The highest BCUT2D eigenvalue weighted by Crippen LogP contribution is 2.24. The Bertz CT molecular complexity index is 815. The zero-order chi connectivity index (χ0) is 16.2. The molecule has 0 aliphatic heterocycles. The molecule has 0 aliphatic rings. The molecule has 3 rings (SSSR count). The third-order valence-corrected chi connectivity index (χ3v) is 3.49. The fourth-order valence-corrected chi connectivity index (χ4v) is 2.30. The van der Waals surface area contributed by atoms with Crippen molar-refractivity contribution in [2.45, 2.75) is 0 Å². The summed E-state index contributed by atoms with van der Waals surface area (Å²) in [6, 6.07) is 16.6. The molecule has 6 heteroatoms. The van der Waals surface area contributed by atoms with Crippen molar-refractivity contribution in [2.75, 3.05) is 5.73 Å². The first-order chi connectivity index (χ1) is 11.1. The van der Waals surface area contributed by atoms with Crippen LogP contribution < -0.4 is 10.5 Å². The average Bonchev–Trinajstić information content (AvgIpc) is 2.56. The summed E-state index contributed by atoms with van der Waals surface area (Å²) < 4.78 is 5.72. The summed E-state index contributed by atoms with van der Waals surface area (Å²) in [5, 5.41) is 8.42. The van der Waals surface area contributed by atoms with Gasteiger partial charge in [0.25, 0.3) is 0 Å². The molecule has 0 saturated carbocycles. The summed E-state index contributed by atoms with van der Waals surface area (Å²) in [4.78, 5) is 7.75. The maximum atomic E-state index is 8.26. The first-order valence-electron chi connectivity index (χ1n) is 6.83. The summed E-state index contributed by atoms with van der Waals surface area (Å²) in [6.07, 6.45) is 1.27. The standard InChI is InChI=1S/C17H13ClN4O/c18-16-14(17(20)22-10-21-16)15(19)11-6-8-13(9-7-11)23-12-4-2-1-3-5-12/h1-10,19H,(H2,20,21,22). The molecule has 0 radical (unpaired) electrons. The number of benzene rings is 2. The first-order valence-corrected chi connectivity index (χ1v) is 7.21. The number of nitrogens with zero attached hydrogens (tertiary/aromatic N) is 2. The number of hydrogen-bond acceptors (Lipinski definition) is 5. The maximum absolute atomic E-state index is 8.26. The third kappa shape index (κ3) is 3.30. The Kier molecular flexibility index (Phi) is 4.21.